The number of nitrogens with zero attached hydrogens (tertiary/aromatic N) is 1. The van der Waals surface area contributed by atoms with Crippen LogP contribution in [0, 0.1) is 6.92 Å². The van der Waals surface area contributed by atoms with E-state index in [0.717, 1.165) is 5.56 Å². The summed E-state index contributed by atoms with van der Waals surface area (Å²) in [7, 11) is 0. The standard InChI is InChI=1S/C18H15NO4/c1-11-6-7-16(23-10-12-9-22-12)15(8-11)19-17(20)13-4-2-3-5-14(13)18(19)21/h2-8,12H,9-10H2,1H3. The van der Waals surface area contributed by atoms with E-state index in [-0.39, 0.29) is 17.9 Å². The second kappa shape index (κ2) is 5.21. The van der Waals surface area contributed by atoms with E-state index >= 15 is 0 Å². The van der Waals surface area contributed by atoms with Crippen LogP contribution in [0.25, 0.3) is 0 Å². The lowest BCUT2D eigenvalue weighted by Gasteiger charge is -2.19. The lowest BCUT2D eigenvalue weighted by atomic mass is 10.1. The van der Waals surface area contributed by atoms with Crippen molar-refractivity contribution in [2.45, 2.75) is 13.0 Å². The molecule has 1 fully saturated rings. The molecule has 0 aliphatic carbocycles. The van der Waals surface area contributed by atoms with Crippen molar-refractivity contribution in [2.75, 3.05) is 18.1 Å². The Hall–Kier alpha value is -2.66. The number of benzene rings is 2. The molecular weight excluding hydrogens is 294 g/mol. The molecule has 1 atom stereocenters. The Bertz CT molecular complexity index is 775. The average molecular weight is 309 g/mol. The predicted octanol–water partition coefficient (Wildman–Crippen LogP) is 2.57. The Balaban J connectivity index is 1.74. The SMILES string of the molecule is Cc1ccc(OCC2CO2)c(N2C(=O)c3ccccc3C2=O)c1. The van der Waals surface area contributed by atoms with Gasteiger partial charge in [0.15, 0.2) is 0 Å². The molecule has 2 aromatic rings. The molecule has 5 nitrogen and oxygen atoms in total. The molecule has 5 heteroatoms. The van der Waals surface area contributed by atoms with Crippen LogP contribution in [-0.2, 0) is 4.74 Å². The minimum atomic E-state index is -0.316. The lowest BCUT2D eigenvalue weighted by Crippen LogP contribution is -2.30. The fourth-order valence-corrected chi connectivity index (χ4v) is 2.68. The molecule has 0 radical (unpaired) electrons. The zero-order valence-corrected chi connectivity index (χ0v) is 12.6. The van der Waals surface area contributed by atoms with Gasteiger partial charge in [-0.2, -0.15) is 0 Å². The minimum Gasteiger partial charge on any atom is -0.489 e. The van der Waals surface area contributed by atoms with Crippen molar-refractivity contribution in [3.8, 4) is 5.75 Å². The Morgan fingerprint density at radius 2 is 1.78 bits per heavy atom. The predicted molar refractivity (Wildman–Crippen MR) is 84.0 cm³/mol. The van der Waals surface area contributed by atoms with Crippen molar-refractivity contribution in [3.05, 3.63) is 59.2 Å². The molecule has 0 spiro atoms. The number of rotatable bonds is 4. The number of carbonyl (C=O) groups excluding carboxylic acids is 2. The summed E-state index contributed by atoms with van der Waals surface area (Å²) in [6.45, 7) is 3.02. The van der Waals surface area contributed by atoms with E-state index in [2.05, 4.69) is 0 Å². The van der Waals surface area contributed by atoms with Gasteiger partial charge in [-0.15, -0.1) is 0 Å². The summed E-state index contributed by atoms with van der Waals surface area (Å²) < 4.78 is 10.9. The Labute approximate surface area is 133 Å². The quantitative estimate of drug-likeness (QED) is 0.643. The van der Waals surface area contributed by atoms with Crippen molar-refractivity contribution in [3.63, 3.8) is 0 Å². The zero-order valence-electron chi connectivity index (χ0n) is 12.6. The third-order valence-electron chi connectivity index (χ3n) is 3.98. The summed E-state index contributed by atoms with van der Waals surface area (Å²) in [5.41, 5.74) is 2.29. The number of ether oxygens (including phenoxy) is 2. The Morgan fingerprint density at radius 3 is 2.39 bits per heavy atom. The minimum absolute atomic E-state index is 0.103. The third-order valence-corrected chi connectivity index (χ3v) is 3.98. The second-order valence-electron chi connectivity index (χ2n) is 5.73. The smallest absolute Gasteiger partial charge is 0.266 e. The summed E-state index contributed by atoms with van der Waals surface area (Å²) >= 11 is 0. The Kier molecular flexibility index (Phi) is 3.16. The third kappa shape index (κ3) is 2.39. The van der Waals surface area contributed by atoms with E-state index in [4.69, 9.17) is 9.47 Å². The fraction of sp³-hybridized carbons (Fsp3) is 0.222. The average Bonchev–Trinajstić information content (AvgIpc) is 3.34. The van der Waals surface area contributed by atoms with Crippen molar-refractivity contribution >= 4 is 17.5 Å². The number of imide groups is 1. The first-order valence-electron chi connectivity index (χ1n) is 7.48. The highest BCUT2D eigenvalue weighted by Gasteiger charge is 2.38. The lowest BCUT2D eigenvalue weighted by molar-refractivity contribution is 0.0925. The highest BCUT2D eigenvalue weighted by molar-refractivity contribution is 6.34. The van der Waals surface area contributed by atoms with E-state index in [1.807, 2.05) is 13.0 Å². The van der Waals surface area contributed by atoms with E-state index in [1.165, 1.54) is 4.90 Å². The van der Waals surface area contributed by atoms with Crippen LogP contribution in [0.3, 0.4) is 0 Å². The number of epoxide rings is 1. The van der Waals surface area contributed by atoms with Gasteiger partial charge in [-0.3, -0.25) is 9.59 Å². The van der Waals surface area contributed by atoms with Crippen molar-refractivity contribution < 1.29 is 19.1 Å². The van der Waals surface area contributed by atoms with Crippen LogP contribution in [0.1, 0.15) is 26.3 Å². The van der Waals surface area contributed by atoms with Gasteiger partial charge < -0.3 is 9.47 Å². The van der Waals surface area contributed by atoms with E-state index in [1.54, 1.807) is 36.4 Å². The van der Waals surface area contributed by atoms with Crippen LogP contribution in [0.2, 0.25) is 0 Å². The normalized spacial score (nSPS) is 19.0. The highest BCUT2D eigenvalue weighted by atomic mass is 16.6. The maximum atomic E-state index is 12.6. The number of hydrogen-bond acceptors (Lipinski definition) is 4. The number of hydrogen-bond donors (Lipinski definition) is 0. The van der Waals surface area contributed by atoms with Crippen molar-refractivity contribution in [1.29, 1.82) is 0 Å². The van der Waals surface area contributed by atoms with Gasteiger partial charge in [-0.05, 0) is 36.8 Å². The van der Waals surface area contributed by atoms with Gasteiger partial charge in [0.25, 0.3) is 11.8 Å². The Morgan fingerprint density at radius 1 is 1.13 bits per heavy atom. The van der Waals surface area contributed by atoms with Gasteiger partial charge in [-0.25, -0.2) is 4.90 Å². The molecule has 0 bridgehead atoms. The summed E-state index contributed by atoms with van der Waals surface area (Å²) in [5.74, 6) is -0.118. The van der Waals surface area contributed by atoms with Crippen LogP contribution in [0.15, 0.2) is 42.5 Å². The molecule has 0 aromatic heterocycles. The molecule has 4 rings (SSSR count). The van der Waals surface area contributed by atoms with Crippen LogP contribution < -0.4 is 9.64 Å². The van der Waals surface area contributed by atoms with Gasteiger partial charge >= 0.3 is 0 Å². The number of carbonyl (C=O) groups is 2. The van der Waals surface area contributed by atoms with Crippen molar-refractivity contribution in [1.82, 2.24) is 0 Å². The molecule has 0 N–H and O–H groups in total. The molecular formula is C18H15NO4. The first-order valence-corrected chi connectivity index (χ1v) is 7.48. The summed E-state index contributed by atoms with van der Waals surface area (Å²) in [4.78, 5) is 26.5. The fourth-order valence-electron chi connectivity index (χ4n) is 2.68. The molecule has 2 aromatic carbocycles. The highest BCUT2D eigenvalue weighted by Crippen LogP contribution is 2.36. The molecule has 2 aliphatic heterocycles. The summed E-state index contributed by atoms with van der Waals surface area (Å²) in [6, 6.07) is 12.3. The van der Waals surface area contributed by atoms with Crippen LogP contribution in [0.5, 0.6) is 5.75 Å². The molecule has 23 heavy (non-hydrogen) atoms. The van der Waals surface area contributed by atoms with Crippen LogP contribution >= 0.6 is 0 Å². The molecule has 116 valence electrons. The van der Waals surface area contributed by atoms with Crippen LogP contribution in [-0.4, -0.2) is 31.1 Å². The number of fused-ring (bicyclic) bond motifs is 1. The first kappa shape index (κ1) is 14.0. The van der Waals surface area contributed by atoms with Crippen molar-refractivity contribution in [2.24, 2.45) is 0 Å². The molecule has 1 unspecified atom stereocenters. The maximum absolute atomic E-state index is 12.6. The van der Waals surface area contributed by atoms with Crippen LogP contribution in [0.4, 0.5) is 5.69 Å². The summed E-state index contributed by atoms with van der Waals surface area (Å²) in [6.07, 6.45) is 0.103. The molecule has 1 saturated heterocycles. The summed E-state index contributed by atoms with van der Waals surface area (Å²) in [5, 5.41) is 0. The van der Waals surface area contributed by atoms with Gasteiger partial charge in [0, 0.05) is 0 Å². The number of anilines is 1. The first-order chi connectivity index (χ1) is 11.1. The molecule has 2 amide bonds. The van der Waals surface area contributed by atoms with Gasteiger partial charge in [0.1, 0.15) is 18.5 Å². The maximum Gasteiger partial charge on any atom is 0.266 e. The molecule has 2 heterocycles. The van der Waals surface area contributed by atoms with E-state index < -0.39 is 0 Å². The molecule has 2 aliphatic rings. The number of amides is 2. The largest absolute Gasteiger partial charge is 0.489 e. The van der Waals surface area contributed by atoms with E-state index in [0.29, 0.717) is 35.8 Å². The molecule has 0 saturated carbocycles. The second-order valence-corrected chi connectivity index (χ2v) is 5.73. The number of aryl methyl sites for hydroxylation is 1. The zero-order chi connectivity index (χ0) is 16.0. The van der Waals surface area contributed by atoms with Gasteiger partial charge in [0.05, 0.1) is 23.4 Å². The monoisotopic (exact) mass is 309 g/mol. The van der Waals surface area contributed by atoms with E-state index in [9.17, 15) is 9.59 Å². The van der Waals surface area contributed by atoms with Gasteiger partial charge in [-0.1, -0.05) is 18.2 Å². The topological polar surface area (TPSA) is 59.1 Å². The van der Waals surface area contributed by atoms with Gasteiger partial charge in [0.2, 0.25) is 0 Å².